The van der Waals surface area contributed by atoms with E-state index in [0.717, 1.165) is 24.3 Å². The number of likely N-dealkylation sites (N-methyl/N-ethyl adjacent to an activating group) is 1. The van der Waals surface area contributed by atoms with Gasteiger partial charge in [0, 0.05) is 23.3 Å². The smallest absolute Gasteiger partial charge is 0.0962 e. The predicted octanol–water partition coefficient (Wildman–Crippen LogP) is 4.71. The first-order valence-corrected chi connectivity index (χ1v) is 9.64. The van der Waals surface area contributed by atoms with Crippen LogP contribution in [0.1, 0.15) is 79.8 Å². The molecule has 0 aliphatic heterocycles. The lowest BCUT2D eigenvalue weighted by Crippen LogP contribution is -2.21. The van der Waals surface area contributed by atoms with Gasteiger partial charge in [-0.3, -0.25) is 0 Å². The minimum atomic E-state index is 0.663. The molecule has 0 spiro atoms. The van der Waals surface area contributed by atoms with Gasteiger partial charge in [0.05, 0.1) is 10.7 Å². The number of nitrogens with one attached hydrogen (secondary N) is 1. The molecule has 1 aromatic rings. The van der Waals surface area contributed by atoms with Crippen molar-refractivity contribution in [2.24, 2.45) is 11.8 Å². The van der Waals surface area contributed by atoms with Crippen LogP contribution in [-0.2, 0) is 6.42 Å². The normalized spacial score (nSPS) is 29.6. The van der Waals surface area contributed by atoms with Gasteiger partial charge >= 0.3 is 0 Å². The Balaban J connectivity index is 1.70. The van der Waals surface area contributed by atoms with Crippen molar-refractivity contribution < 1.29 is 0 Å². The Labute approximate surface area is 133 Å². The summed E-state index contributed by atoms with van der Waals surface area (Å²) in [6, 6.07) is 0. The van der Waals surface area contributed by atoms with E-state index in [0.29, 0.717) is 5.92 Å². The summed E-state index contributed by atoms with van der Waals surface area (Å²) in [6.45, 7) is 5.86. The van der Waals surface area contributed by atoms with Crippen molar-refractivity contribution in [3.8, 4) is 0 Å². The number of fused-ring (bicyclic) bond motifs is 1. The largest absolute Gasteiger partial charge is 0.319 e. The Morgan fingerprint density at radius 3 is 2.62 bits per heavy atom. The first-order valence-electron chi connectivity index (χ1n) is 8.83. The third-order valence-electron chi connectivity index (χ3n) is 5.60. The Morgan fingerprint density at radius 2 is 1.95 bits per heavy atom. The standard InChI is InChI=1S/C18H30N2S/c1-12(2)13-7-9-14(10-8-13)18-20-17-15(11-19-3)5-4-6-16(17)21-18/h12-15,19H,4-11H2,1-3H3. The number of aromatic nitrogens is 1. The van der Waals surface area contributed by atoms with E-state index in [-0.39, 0.29) is 0 Å². The highest BCUT2D eigenvalue weighted by Crippen LogP contribution is 2.43. The summed E-state index contributed by atoms with van der Waals surface area (Å²) in [5, 5.41) is 4.81. The van der Waals surface area contributed by atoms with E-state index in [1.54, 1.807) is 4.88 Å². The highest BCUT2D eigenvalue weighted by atomic mass is 32.1. The van der Waals surface area contributed by atoms with Gasteiger partial charge in [0.2, 0.25) is 0 Å². The second kappa shape index (κ2) is 6.78. The van der Waals surface area contributed by atoms with E-state index in [4.69, 9.17) is 4.98 Å². The van der Waals surface area contributed by atoms with Gasteiger partial charge in [0.25, 0.3) is 0 Å². The van der Waals surface area contributed by atoms with Gasteiger partial charge < -0.3 is 5.32 Å². The third kappa shape index (κ3) is 3.34. The molecule has 118 valence electrons. The van der Waals surface area contributed by atoms with Crippen molar-refractivity contribution in [2.45, 2.75) is 70.6 Å². The molecule has 1 saturated carbocycles. The fourth-order valence-electron chi connectivity index (χ4n) is 4.18. The second-order valence-corrected chi connectivity index (χ2v) is 8.48. The van der Waals surface area contributed by atoms with E-state index >= 15 is 0 Å². The zero-order valence-electron chi connectivity index (χ0n) is 13.8. The molecule has 1 atom stereocenters. The molecule has 0 bridgehead atoms. The fraction of sp³-hybridized carbons (Fsp3) is 0.833. The SMILES string of the molecule is CNCC1CCCc2sc(C3CCC(C(C)C)CC3)nc21. The number of thiazole rings is 1. The van der Waals surface area contributed by atoms with Gasteiger partial charge in [0.15, 0.2) is 0 Å². The monoisotopic (exact) mass is 306 g/mol. The highest BCUT2D eigenvalue weighted by Gasteiger charge is 2.29. The van der Waals surface area contributed by atoms with Crippen LogP contribution in [0.3, 0.4) is 0 Å². The molecule has 1 fully saturated rings. The van der Waals surface area contributed by atoms with Crippen molar-refractivity contribution in [3.05, 3.63) is 15.6 Å². The van der Waals surface area contributed by atoms with Gasteiger partial charge in [-0.2, -0.15) is 0 Å². The Bertz CT molecular complexity index is 458. The van der Waals surface area contributed by atoms with Crippen LogP contribution >= 0.6 is 11.3 Å². The van der Waals surface area contributed by atoms with Gasteiger partial charge in [-0.05, 0) is 63.8 Å². The lowest BCUT2D eigenvalue weighted by Gasteiger charge is -2.29. The summed E-state index contributed by atoms with van der Waals surface area (Å²) in [5.41, 5.74) is 1.45. The predicted molar refractivity (Wildman–Crippen MR) is 91.3 cm³/mol. The minimum absolute atomic E-state index is 0.663. The third-order valence-corrected chi connectivity index (χ3v) is 6.90. The summed E-state index contributed by atoms with van der Waals surface area (Å²) in [6.07, 6.45) is 9.49. The molecule has 2 aliphatic carbocycles. The zero-order valence-corrected chi connectivity index (χ0v) is 14.6. The maximum absolute atomic E-state index is 5.12. The van der Waals surface area contributed by atoms with Gasteiger partial charge in [-0.1, -0.05) is 13.8 Å². The average Bonchev–Trinajstić information content (AvgIpc) is 2.93. The van der Waals surface area contributed by atoms with Crippen LogP contribution < -0.4 is 5.32 Å². The van der Waals surface area contributed by atoms with Crippen LogP contribution in [0, 0.1) is 11.8 Å². The first-order chi connectivity index (χ1) is 10.2. The molecule has 0 radical (unpaired) electrons. The number of nitrogens with zero attached hydrogens (tertiary/aromatic N) is 1. The summed E-state index contributed by atoms with van der Waals surface area (Å²) in [7, 11) is 2.06. The van der Waals surface area contributed by atoms with E-state index in [1.165, 1.54) is 55.6 Å². The molecule has 1 aromatic heterocycles. The van der Waals surface area contributed by atoms with E-state index in [9.17, 15) is 0 Å². The second-order valence-electron chi connectivity index (χ2n) is 7.36. The molecule has 2 nitrogen and oxygen atoms in total. The Morgan fingerprint density at radius 1 is 1.19 bits per heavy atom. The van der Waals surface area contributed by atoms with Crippen LogP contribution in [-0.4, -0.2) is 18.6 Å². The van der Waals surface area contributed by atoms with Gasteiger partial charge in [0.1, 0.15) is 0 Å². The van der Waals surface area contributed by atoms with Crippen LogP contribution in [0.2, 0.25) is 0 Å². The van der Waals surface area contributed by atoms with Crippen molar-refractivity contribution in [3.63, 3.8) is 0 Å². The molecule has 2 aliphatic rings. The van der Waals surface area contributed by atoms with Crippen LogP contribution in [0.4, 0.5) is 0 Å². The van der Waals surface area contributed by atoms with Crippen molar-refractivity contribution in [1.82, 2.24) is 10.3 Å². The molecule has 3 heteroatoms. The number of hydrogen-bond donors (Lipinski definition) is 1. The zero-order chi connectivity index (χ0) is 14.8. The quantitative estimate of drug-likeness (QED) is 0.871. The van der Waals surface area contributed by atoms with E-state index < -0.39 is 0 Å². The lowest BCUT2D eigenvalue weighted by atomic mass is 9.77. The Kier molecular flexibility index (Phi) is 5.00. The molecule has 1 heterocycles. The minimum Gasteiger partial charge on any atom is -0.319 e. The van der Waals surface area contributed by atoms with Gasteiger partial charge in [-0.25, -0.2) is 4.98 Å². The summed E-state index contributed by atoms with van der Waals surface area (Å²) < 4.78 is 0. The molecular formula is C18H30N2S. The van der Waals surface area contributed by atoms with Crippen molar-refractivity contribution >= 4 is 11.3 Å². The molecule has 21 heavy (non-hydrogen) atoms. The van der Waals surface area contributed by atoms with E-state index in [1.807, 2.05) is 11.3 Å². The van der Waals surface area contributed by atoms with Crippen molar-refractivity contribution in [1.29, 1.82) is 0 Å². The summed E-state index contributed by atoms with van der Waals surface area (Å²) in [5.74, 6) is 3.23. The fourth-order valence-corrected chi connectivity index (χ4v) is 5.54. The molecule has 0 aromatic carbocycles. The summed E-state index contributed by atoms with van der Waals surface area (Å²) in [4.78, 5) is 6.72. The molecule has 3 rings (SSSR count). The number of rotatable bonds is 4. The molecule has 1 N–H and O–H groups in total. The van der Waals surface area contributed by atoms with Crippen LogP contribution in [0.5, 0.6) is 0 Å². The highest BCUT2D eigenvalue weighted by molar-refractivity contribution is 7.11. The van der Waals surface area contributed by atoms with Crippen LogP contribution in [0.25, 0.3) is 0 Å². The average molecular weight is 307 g/mol. The number of aryl methyl sites for hydroxylation is 1. The van der Waals surface area contributed by atoms with Gasteiger partial charge in [-0.15, -0.1) is 11.3 Å². The van der Waals surface area contributed by atoms with Crippen LogP contribution in [0.15, 0.2) is 0 Å². The maximum atomic E-state index is 5.12. The topological polar surface area (TPSA) is 24.9 Å². The lowest BCUT2D eigenvalue weighted by molar-refractivity contribution is 0.258. The summed E-state index contributed by atoms with van der Waals surface area (Å²) >= 11 is 2.04. The number of hydrogen-bond acceptors (Lipinski definition) is 3. The van der Waals surface area contributed by atoms with Crippen molar-refractivity contribution in [2.75, 3.05) is 13.6 Å². The first kappa shape index (κ1) is 15.5. The maximum Gasteiger partial charge on any atom is 0.0962 e. The Hall–Kier alpha value is -0.410. The molecule has 0 amide bonds. The molecular weight excluding hydrogens is 276 g/mol. The molecule has 0 saturated heterocycles. The molecule has 1 unspecified atom stereocenters. The van der Waals surface area contributed by atoms with E-state index in [2.05, 4.69) is 26.2 Å².